The zero-order valence-corrected chi connectivity index (χ0v) is 15.0. The number of halogens is 1. The van der Waals surface area contributed by atoms with Gasteiger partial charge in [-0.25, -0.2) is 4.79 Å². The van der Waals surface area contributed by atoms with E-state index in [0.29, 0.717) is 28.5 Å². The van der Waals surface area contributed by atoms with Crippen molar-refractivity contribution < 1.29 is 9.59 Å². The van der Waals surface area contributed by atoms with Crippen LogP contribution in [-0.4, -0.2) is 16.9 Å². The molecule has 0 saturated carbocycles. The summed E-state index contributed by atoms with van der Waals surface area (Å²) in [6.45, 7) is 0.343. The first-order valence-corrected chi connectivity index (χ1v) is 8.59. The summed E-state index contributed by atoms with van der Waals surface area (Å²) in [5.41, 5.74) is 2.21. The zero-order chi connectivity index (χ0) is 19.1. The quantitative estimate of drug-likeness (QED) is 0.616. The van der Waals surface area contributed by atoms with Crippen molar-refractivity contribution in [2.24, 2.45) is 0 Å². The van der Waals surface area contributed by atoms with Crippen molar-refractivity contribution in [3.63, 3.8) is 0 Å². The van der Waals surface area contributed by atoms with Gasteiger partial charge in [-0.1, -0.05) is 35.9 Å². The molecule has 1 heterocycles. The Bertz CT molecular complexity index is 947. The number of nitrogens with one attached hydrogen (secondary N) is 3. The molecule has 0 aliphatic rings. The van der Waals surface area contributed by atoms with Crippen LogP contribution >= 0.6 is 11.6 Å². The molecular weight excluding hydrogens is 364 g/mol. The maximum atomic E-state index is 12.5. The first-order chi connectivity index (χ1) is 13.1. The Morgan fingerprint density at radius 1 is 0.963 bits per heavy atom. The van der Waals surface area contributed by atoms with Crippen molar-refractivity contribution in [3.8, 4) is 0 Å². The van der Waals surface area contributed by atoms with Gasteiger partial charge in [-0.05, 0) is 42.0 Å². The molecule has 1 aromatic heterocycles. The summed E-state index contributed by atoms with van der Waals surface area (Å²) >= 11 is 5.91. The van der Waals surface area contributed by atoms with E-state index in [1.807, 2.05) is 6.07 Å². The second kappa shape index (κ2) is 8.82. The number of aromatic nitrogens is 1. The lowest BCUT2D eigenvalue weighted by Crippen LogP contribution is -2.26. The fourth-order valence-electron chi connectivity index (χ4n) is 2.42. The Kier molecular flexibility index (Phi) is 6.02. The van der Waals surface area contributed by atoms with Crippen LogP contribution in [0.3, 0.4) is 0 Å². The minimum absolute atomic E-state index is 0.294. The molecule has 6 nitrogen and oxygen atoms in total. The number of anilines is 2. The van der Waals surface area contributed by atoms with Crippen LogP contribution in [-0.2, 0) is 6.54 Å². The molecule has 0 aliphatic heterocycles. The Morgan fingerprint density at radius 3 is 2.59 bits per heavy atom. The van der Waals surface area contributed by atoms with E-state index < -0.39 is 6.03 Å². The van der Waals surface area contributed by atoms with E-state index >= 15 is 0 Å². The molecule has 2 aromatic carbocycles. The van der Waals surface area contributed by atoms with Crippen LogP contribution in [0.15, 0.2) is 73.1 Å². The number of nitrogens with zero attached hydrogens (tertiary/aromatic N) is 1. The number of rotatable bonds is 5. The molecule has 0 radical (unpaired) electrons. The minimum Gasteiger partial charge on any atom is -0.348 e. The Labute approximate surface area is 161 Å². The summed E-state index contributed by atoms with van der Waals surface area (Å²) in [7, 11) is 0. The molecule has 0 fully saturated rings. The number of benzene rings is 2. The lowest BCUT2D eigenvalue weighted by molar-refractivity contribution is 0.0951. The lowest BCUT2D eigenvalue weighted by atomic mass is 10.1. The van der Waals surface area contributed by atoms with Crippen LogP contribution in [0.2, 0.25) is 5.02 Å². The van der Waals surface area contributed by atoms with Gasteiger partial charge in [0.25, 0.3) is 5.91 Å². The predicted molar refractivity (Wildman–Crippen MR) is 106 cm³/mol. The van der Waals surface area contributed by atoms with Gasteiger partial charge in [0.05, 0.1) is 11.3 Å². The first-order valence-electron chi connectivity index (χ1n) is 8.21. The summed E-state index contributed by atoms with van der Waals surface area (Å²) in [6, 6.07) is 16.8. The third-order valence-electron chi connectivity index (χ3n) is 3.68. The first kappa shape index (κ1) is 18.4. The number of para-hydroxylation sites is 1. The molecule has 136 valence electrons. The molecule has 0 bridgehead atoms. The highest BCUT2D eigenvalue weighted by Crippen LogP contribution is 2.18. The SMILES string of the molecule is O=C(Nc1cccc(Cl)c1)Nc1ccccc1C(=O)NCc1cccnc1. The van der Waals surface area contributed by atoms with Crippen LogP contribution < -0.4 is 16.0 Å². The van der Waals surface area contributed by atoms with E-state index in [1.54, 1.807) is 67.0 Å². The summed E-state index contributed by atoms with van der Waals surface area (Å²) in [6.07, 6.45) is 3.35. The van der Waals surface area contributed by atoms with Crippen LogP contribution in [0.4, 0.5) is 16.2 Å². The largest absolute Gasteiger partial charge is 0.348 e. The predicted octanol–water partition coefficient (Wildman–Crippen LogP) is 4.31. The molecule has 3 N–H and O–H groups in total. The van der Waals surface area contributed by atoms with E-state index in [1.165, 1.54) is 0 Å². The highest BCUT2D eigenvalue weighted by Gasteiger charge is 2.13. The van der Waals surface area contributed by atoms with Gasteiger partial charge in [0.2, 0.25) is 0 Å². The van der Waals surface area contributed by atoms with Gasteiger partial charge in [0.15, 0.2) is 0 Å². The number of amides is 3. The molecule has 0 aliphatic carbocycles. The average Bonchev–Trinajstić information content (AvgIpc) is 2.67. The van der Waals surface area contributed by atoms with E-state index in [0.717, 1.165) is 5.56 Å². The highest BCUT2D eigenvalue weighted by atomic mass is 35.5. The van der Waals surface area contributed by atoms with E-state index in [-0.39, 0.29) is 5.91 Å². The Morgan fingerprint density at radius 2 is 1.81 bits per heavy atom. The maximum Gasteiger partial charge on any atom is 0.323 e. The van der Waals surface area contributed by atoms with E-state index in [9.17, 15) is 9.59 Å². The maximum absolute atomic E-state index is 12.5. The monoisotopic (exact) mass is 380 g/mol. The molecule has 27 heavy (non-hydrogen) atoms. The minimum atomic E-state index is -0.468. The van der Waals surface area contributed by atoms with Gasteiger partial charge in [0.1, 0.15) is 0 Å². The topological polar surface area (TPSA) is 83.1 Å². The van der Waals surface area contributed by atoms with Crippen molar-refractivity contribution >= 4 is 34.9 Å². The van der Waals surface area contributed by atoms with E-state index in [2.05, 4.69) is 20.9 Å². The van der Waals surface area contributed by atoms with Gasteiger partial charge < -0.3 is 16.0 Å². The number of pyridine rings is 1. The number of hydrogen-bond donors (Lipinski definition) is 3. The van der Waals surface area contributed by atoms with Gasteiger partial charge in [-0.2, -0.15) is 0 Å². The van der Waals surface area contributed by atoms with Gasteiger partial charge in [-0.3, -0.25) is 9.78 Å². The molecule has 0 atom stereocenters. The highest BCUT2D eigenvalue weighted by molar-refractivity contribution is 6.30. The second-order valence-corrected chi connectivity index (χ2v) is 6.12. The van der Waals surface area contributed by atoms with Crippen molar-refractivity contribution in [1.29, 1.82) is 0 Å². The molecule has 0 saturated heterocycles. The zero-order valence-electron chi connectivity index (χ0n) is 14.3. The summed E-state index contributed by atoms with van der Waals surface area (Å²) in [5, 5.41) is 8.71. The molecule has 3 rings (SSSR count). The van der Waals surface area contributed by atoms with E-state index in [4.69, 9.17) is 11.6 Å². The Balaban J connectivity index is 1.66. The summed E-state index contributed by atoms with van der Waals surface area (Å²) in [4.78, 5) is 28.8. The third kappa shape index (κ3) is 5.29. The van der Waals surface area contributed by atoms with Crippen LogP contribution in [0, 0.1) is 0 Å². The summed E-state index contributed by atoms with van der Waals surface area (Å²) in [5.74, 6) is -0.294. The number of carbonyl (C=O) groups excluding carboxylic acids is 2. The standard InChI is InChI=1S/C20H17ClN4O2/c21-15-6-3-7-16(11-15)24-20(27)25-18-9-2-1-8-17(18)19(26)23-13-14-5-4-10-22-12-14/h1-12H,13H2,(H,23,26)(H2,24,25,27). The fourth-order valence-corrected chi connectivity index (χ4v) is 2.61. The van der Waals surface area contributed by atoms with Crippen molar-refractivity contribution in [3.05, 3.63) is 89.2 Å². The van der Waals surface area contributed by atoms with Crippen LogP contribution in [0.1, 0.15) is 15.9 Å². The van der Waals surface area contributed by atoms with Crippen molar-refractivity contribution in [2.45, 2.75) is 6.54 Å². The molecular formula is C20H17ClN4O2. The smallest absolute Gasteiger partial charge is 0.323 e. The number of hydrogen-bond acceptors (Lipinski definition) is 3. The number of carbonyl (C=O) groups is 2. The molecule has 0 unspecified atom stereocenters. The lowest BCUT2D eigenvalue weighted by Gasteiger charge is -2.12. The molecule has 7 heteroatoms. The van der Waals surface area contributed by atoms with Crippen molar-refractivity contribution in [1.82, 2.24) is 10.3 Å². The van der Waals surface area contributed by atoms with Crippen LogP contribution in [0.5, 0.6) is 0 Å². The fraction of sp³-hybridized carbons (Fsp3) is 0.0500. The number of urea groups is 1. The third-order valence-corrected chi connectivity index (χ3v) is 3.91. The van der Waals surface area contributed by atoms with Gasteiger partial charge >= 0.3 is 6.03 Å². The molecule has 3 aromatic rings. The average molecular weight is 381 g/mol. The summed E-state index contributed by atoms with van der Waals surface area (Å²) < 4.78 is 0. The normalized spacial score (nSPS) is 10.1. The Hall–Kier alpha value is -3.38. The second-order valence-electron chi connectivity index (χ2n) is 5.68. The van der Waals surface area contributed by atoms with Crippen molar-refractivity contribution in [2.75, 3.05) is 10.6 Å². The van der Waals surface area contributed by atoms with Gasteiger partial charge in [-0.15, -0.1) is 0 Å². The van der Waals surface area contributed by atoms with Crippen LogP contribution in [0.25, 0.3) is 0 Å². The molecule has 0 spiro atoms. The van der Waals surface area contributed by atoms with Gasteiger partial charge in [0, 0.05) is 29.6 Å². The molecule has 3 amide bonds.